The van der Waals surface area contributed by atoms with E-state index in [2.05, 4.69) is 25.6 Å². The van der Waals surface area contributed by atoms with Crippen molar-refractivity contribution in [3.8, 4) is 5.75 Å². The van der Waals surface area contributed by atoms with Crippen LogP contribution in [0.15, 0.2) is 33.9 Å². The molecule has 7 heteroatoms. The van der Waals surface area contributed by atoms with E-state index in [0.29, 0.717) is 31.5 Å². The van der Waals surface area contributed by atoms with Gasteiger partial charge in [-0.2, -0.15) is 0 Å². The summed E-state index contributed by atoms with van der Waals surface area (Å²) in [6.07, 6.45) is 3.40. The molecule has 0 amide bonds. The minimum Gasteiger partial charge on any atom is -0.490 e. The number of nitrogens with zero attached hydrogens (tertiary/aromatic N) is 3. The Morgan fingerprint density at radius 1 is 1.35 bits per heavy atom. The maximum atomic E-state index is 5.58. The fourth-order valence-corrected chi connectivity index (χ4v) is 1.87. The number of oxazole rings is 1. The van der Waals surface area contributed by atoms with E-state index >= 15 is 0 Å². The lowest BCUT2D eigenvalue weighted by Gasteiger charge is -2.11. The average molecular weight is 317 g/mol. The first-order valence-electron chi connectivity index (χ1n) is 7.67. The highest BCUT2D eigenvalue weighted by molar-refractivity contribution is 5.79. The molecule has 0 aliphatic rings. The molecule has 2 aromatic heterocycles. The van der Waals surface area contributed by atoms with Crippen molar-refractivity contribution in [3.05, 3.63) is 41.9 Å². The van der Waals surface area contributed by atoms with Gasteiger partial charge in [0.15, 0.2) is 5.96 Å². The van der Waals surface area contributed by atoms with Gasteiger partial charge < -0.3 is 19.8 Å². The topological polar surface area (TPSA) is 84.6 Å². The number of nitrogens with one attached hydrogen (secondary N) is 2. The van der Waals surface area contributed by atoms with E-state index in [1.165, 1.54) is 0 Å². The Morgan fingerprint density at radius 2 is 2.22 bits per heavy atom. The first-order chi connectivity index (χ1) is 11.2. The largest absolute Gasteiger partial charge is 0.490 e. The Kier molecular flexibility index (Phi) is 6.40. The molecule has 2 rings (SSSR count). The van der Waals surface area contributed by atoms with Crippen LogP contribution in [0.3, 0.4) is 0 Å². The van der Waals surface area contributed by atoms with E-state index in [0.717, 1.165) is 23.7 Å². The highest BCUT2D eigenvalue weighted by Gasteiger charge is 2.05. The summed E-state index contributed by atoms with van der Waals surface area (Å²) >= 11 is 0. The zero-order valence-corrected chi connectivity index (χ0v) is 13.8. The van der Waals surface area contributed by atoms with Crippen molar-refractivity contribution in [2.45, 2.75) is 27.3 Å². The standard InChI is InChI=1S/C16H23N5O2/c1-4-18-16(20-11-15-21-12(2)13(3)23-15)19-8-9-22-14-6-5-7-17-10-14/h5-7,10H,4,8-9,11H2,1-3H3,(H2,18,19,20). The SMILES string of the molecule is CCNC(=NCc1nc(C)c(C)o1)NCCOc1cccnc1. The molecule has 0 saturated heterocycles. The molecule has 2 aromatic rings. The molecular weight excluding hydrogens is 294 g/mol. The fourth-order valence-electron chi connectivity index (χ4n) is 1.87. The zero-order valence-electron chi connectivity index (χ0n) is 13.8. The minimum atomic E-state index is 0.396. The molecule has 2 N–H and O–H groups in total. The summed E-state index contributed by atoms with van der Waals surface area (Å²) in [6, 6.07) is 3.72. The molecule has 0 bridgehead atoms. The third-order valence-corrected chi connectivity index (χ3v) is 3.09. The zero-order chi connectivity index (χ0) is 16.5. The van der Waals surface area contributed by atoms with Gasteiger partial charge >= 0.3 is 0 Å². The lowest BCUT2D eigenvalue weighted by molar-refractivity contribution is 0.320. The van der Waals surface area contributed by atoms with Crippen LogP contribution in [-0.2, 0) is 6.54 Å². The molecule has 124 valence electrons. The monoisotopic (exact) mass is 317 g/mol. The van der Waals surface area contributed by atoms with Crippen LogP contribution in [0.5, 0.6) is 5.75 Å². The number of hydrogen-bond donors (Lipinski definition) is 2. The Labute approximate surface area is 136 Å². The molecule has 7 nitrogen and oxygen atoms in total. The van der Waals surface area contributed by atoms with Gasteiger partial charge in [-0.3, -0.25) is 4.98 Å². The van der Waals surface area contributed by atoms with Gasteiger partial charge in [-0.05, 0) is 32.9 Å². The van der Waals surface area contributed by atoms with Gasteiger partial charge in [0.25, 0.3) is 0 Å². The Hall–Kier alpha value is -2.57. The number of aryl methyl sites for hydroxylation is 2. The summed E-state index contributed by atoms with van der Waals surface area (Å²) < 4.78 is 11.1. The molecular formula is C16H23N5O2. The van der Waals surface area contributed by atoms with E-state index in [9.17, 15) is 0 Å². The Morgan fingerprint density at radius 3 is 2.87 bits per heavy atom. The molecule has 0 radical (unpaired) electrons. The molecule has 2 heterocycles. The van der Waals surface area contributed by atoms with Crippen LogP contribution in [0.4, 0.5) is 0 Å². The molecule has 0 spiro atoms. The molecule has 0 fully saturated rings. The lowest BCUT2D eigenvalue weighted by atomic mass is 10.4. The van der Waals surface area contributed by atoms with Crippen LogP contribution in [-0.4, -0.2) is 35.6 Å². The number of hydrogen-bond acceptors (Lipinski definition) is 5. The smallest absolute Gasteiger partial charge is 0.216 e. The molecule has 0 unspecified atom stereocenters. The van der Waals surface area contributed by atoms with Crippen molar-refractivity contribution < 1.29 is 9.15 Å². The maximum Gasteiger partial charge on any atom is 0.216 e. The second-order valence-electron chi connectivity index (χ2n) is 4.91. The van der Waals surface area contributed by atoms with Crippen molar-refractivity contribution in [2.24, 2.45) is 4.99 Å². The van der Waals surface area contributed by atoms with E-state index < -0.39 is 0 Å². The van der Waals surface area contributed by atoms with Gasteiger partial charge in [0, 0.05) is 12.7 Å². The van der Waals surface area contributed by atoms with Gasteiger partial charge in [0.1, 0.15) is 24.7 Å². The Bertz CT molecular complexity index is 605. The first kappa shape index (κ1) is 16.8. The average Bonchev–Trinajstić information content (AvgIpc) is 2.88. The quantitative estimate of drug-likeness (QED) is 0.460. The number of guanidine groups is 1. The van der Waals surface area contributed by atoms with Crippen molar-refractivity contribution in [2.75, 3.05) is 19.7 Å². The Balaban J connectivity index is 1.79. The maximum absolute atomic E-state index is 5.58. The summed E-state index contributed by atoms with van der Waals surface area (Å²) in [5.74, 6) is 2.90. The van der Waals surface area contributed by atoms with Gasteiger partial charge in [-0.25, -0.2) is 9.98 Å². The number of rotatable bonds is 7. The first-order valence-corrected chi connectivity index (χ1v) is 7.67. The van der Waals surface area contributed by atoms with Crippen molar-refractivity contribution in [1.82, 2.24) is 20.6 Å². The normalized spacial score (nSPS) is 11.3. The van der Waals surface area contributed by atoms with Crippen molar-refractivity contribution in [3.63, 3.8) is 0 Å². The third-order valence-electron chi connectivity index (χ3n) is 3.09. The number of aromatic nitrogens is 2. The van der Waals surface area contributed by atoms with Gasteiger partial charge in [-0.15, -0.1) is 0 Å². The summed E-state index contributed by atoms with van der Waals surface area (Å²) in [7, 11) is 0. The highest BCUT2D eigenvalue weighted by Crippen LogP contribution is 2.09. The van der Waals surface area contributed by atoms with Crippen LogP contribution in [0.1, 0.15) is 24.3 Å². The van der Waals surface area contributed by atoms with E-state index in [4.69, 9.17) is 9.15 Å². The predicted octanol–water partition coefficient (Wildman–Crippen LogP) is 1.82. The second-order valence-corrected chi connectivity index (χ2v) is 4.91. The molecule has 0 aromatic carbocycles. The molecule has 0 aliphatic carbocycles. The van der Waals surface area contributed by atoms with Gasteiger partial charge in [0.2, 0.25) is 5.89 Å². The van der Waals surface area contributed by atoms with Crippen LogP contribution in [0, 0.1) is 13.8 Å². The molecule has 0 saturated carbocycles. The van der Waals surface area contributed by atoms with Crippen molar-refractivity contribution >= 4 is 5.96 Å². The van der Waals surface area contributed by atoms with E-state index in [-0.39, 0.29) is 0 Å². The summed E-state index contributed by atoms with van der Waals surface area (Å²) in [6.45, 7) is 8.16. The predicted molar refractivity (Wildman–Crippen MR) is 88.5 cm³/mol. The van der Waals surface area contributed by atoms with E-state index in [1.54, 1.807) is 12.4 Å². The van der Waals surface area contributed by atoms with Crippen LogP contribution in [0.25, 0.3) is 0 Å². The molecule has 23 heavy (non-hydrogen) atoms. The van der Waals surface area contributed by atoms with Crippen LogP contribution < -0.4 is 15.4 Å². The van der Waals surface area contributed by atoms with Gasteiger partial charge in [-0.1, -0.05) is 0 Å². The number of ether oxygens (including phenoxy) is 1. The van der Waals surface area contributed by atoms with E-state index in [1.807, 2.05) is 32.9 Å². The summed E-state index contributed by atoms with van der Waals surface area (Å²) in [5, 5.41) is 6.38. The fraction of sp³-hybridized carbons (Fsp3) is 0.438. The van der Waals surface area contributed by atoms with Gasteiger partial charge in [0.05, 0.1) is 18.4 Å². The second kappa shape index (κ2) is 8.77. The van der Waals surface area contributed by atoms with Crippen LogP contribution >= 0.6 is 0 Å². The summed E-state index contributed by atoms with van der Waals surface area (Å²) in [5.41, 5.74) is 0.901. The highest BCUT2D eigenvalue weighted by atomic mass is 16.5. The minimum absolute atomic E-state index is 0.396. The van der Waals surface area contributed by atoms with Crippen molar-refractivity contribution in [1.29, 1.82) is 0 Å². The van der Waals surface area contributed by atoms with Crippen LogP contribution in [0.2, 0.25) is 0 Å². The third kappa shape index (κ3) is 5.61. The number of pyridine rings is 1. The summed E-state index contributed by atoms with van der Waals surface area (Å²) in [4.78, 5) is 12.8. The number of aliphatic imine (C=N–C) groups is 1. The lowest BCUT2D eigenvalue weighted by Crippen LogP contribution is -2.39. The molecule has 0 aliphatic heterocycles. The molecule has 0 atom stereocenters.